The number of esters is 1. The third kappa shape index (κ3) is 5.76. The predicted molar refractivity (Wildman–Crippen MR) is 153 cm³/mol. The second kappa shape index (κ2) is 11.7. The topological polar surface area (TPSA) is 99.6 Å². The van der Waals surface area contributed by atoms with Gasteiger partial charge in [-0.3, -0.25) is 4.79 Å². The highest BCUT2D eigenvalue weighted by molar-refractivity contribution is 5.99. The van der Waals surface area contributed by atoms with Gasteiger partial charge in [0.1, 0.15) is 11.5 Å². The summed E-state index contributed by atoms with van der Waals surface area (Å²) in [5.74, 6) is -0.116. The van der Waals surface area contributed by atoms with E-state index in [1.807, 2.05) is 60.7 Å². The van der Waals surface area contributed by atoms with Gasteiger partial charge in [-0.1, -0.05) is 60.7 Å². The molecule has 0 fully saturated rings. The molecule has 0 spiro atoms. The molecule has 200 valence electrons. The van der Waals surface area contributed by atoms with Crippen LogP contribution in [0.5, 0.6) is 11.5 Å². The van der Waals surface area contributed by atoms with Gasteiger partial charge in [-0.25, -0.2) is 14.8 Å². The van der Waals surface area contributed by atoms with Crippen LogP contribution in [0.25, 0.3) is 33.5 Å². The van der Waals surface area contributed by atoms with Crippen LogP contribution in [0.4, 0.5) is 5.69 Å². The average molecular weight is 534 g/mol. The first-order chi connectivity index (χ1) is 19.4. The quantitative estimate of drug-likeness (QED) is 0.238. The van der Waals surface area contributed by atoms with Crippen molar-refractivity contribution in [1.29, 1.82) is 0 Å². The fourth-order valence-corrected chi connectivity index (χ4v) is 4.18. The largest absolute Gasteiger partial charge is 0.497 e. The van der Waals surface area contributed by atoms with Crippen molar-refractivity contribution in [3.63, 3.8) is 0 Å². The number of fused-ring (bicyclic) bond motifs is 1. The molecule has 0 aliphatic rings. The molecule has 0 aliphatic carbocycles. The maximum absolute atomic E-state index is 13.0. The standard InChI is InChI=1S/C32H27N3O5/c1-20(31(36)33-24-17-25(38-2)19-26(18-24)39-3)40-32(37)23-14-15-27-28(16-23)35-30(22-12-8-5-9-13-22)29(34-27)21-10-6-4-7-11-21/h4-20H,1-3H3,(H,33,36). The number of carbonyl (C=O) groups is 2. The van der Waals surface area contributed by atoms with Gasteiger partial charge in [-0.15, -0.1) is 0 Å². The Balaban J connectivity index is 1.40. The summed E-state index contributed by atoms with van der Waals surface area (Å²) in [5, 5.41) is 2.73. The van der Waals surface area contributed by atoms with E-state index in [2.05, 4.69) is 5.32 Å². The molecule has 0 bridgehead atoms. The molecule has 8 heteroatoms. The van der Waals surface area contributed by atoms with Gasteiger partial charge in [0.15, 0.2) is 6.10 Å². The minimum atomic E-state index is -1.06. The lowest BCUT2D eigenvalue weighted by molar-refractivity contribution is -0.123. The van der Waals surface area contributed by atoms with Gasteiger partial charge in [0, 0.05) is 35.0 Å². The maximum atomic E-state index is 13.0. The molecule has 5 aromatic rings. The molecule has 1 heterocycles. The second-order valence-electron chi connectivity index (χ2n) is 8.99. The average Bonchev–Trinajstić information content (AvgIpc) is 3.00. The lowest BCUT2D eigenvalue weighted by Crippen LogP contribution is -2.30. The fraction of sp³-hybridized carbons (Fsp3) is 0.125. The highest BCUT2D eigenvalue weighted by atomic mass is 16.5. The van der Waals surface area contributed by atoms with Gasteiger partial charge in [-0.2, -0.15) is 0 Å². The number of hydrogen-bond donors (Lipinski definition) is 1. The van der Waals surface area contributed by atoms with Crippen LogP contribution in [-0.4, -0.2) is 42.2 Å². The first-order valence-corrected chi connectivity index (χ1v) is 12.6. The number of amides is 1. The van der Waals surface area contributed by atoms with Crippen molar-refractivity contribution in [2.45, 2.75) is 13.0 Å². The van der Waals surface area contributed by atoms with Crippen molar-refractivity contribution >= 4 is 28.6 Å². The van der Waals surface area contributed by atoms with E-state index in [1.165, 1.54) is 21.1 Å². The zero-order valence-electron chi connectivity index (χ0n) is 22.3. The van der Waals surface area contributed by atoms with Gasteiger partial charge >= 0.3 is 5.97 Å². The van der Waals surface area contributed by atoms with E-state index in [0.29, 0.717) is 33.9 Å². The molecule has 40 heavy (non-hydrogen) atoms. The molecule has 5 rings (SSSR count). The highest BCUT2D eigenvalue weighted by Crippen LogP contribution is 2.31. The molecule has 0 aliphatic heterocycles. The van der Waals surface area contributed by atoms with Crippen molar-refractivity contribution in [2.75, 3.05) is 19.5 Å². The first-order valence-electron chi connectivity index (χ1n) is 12.6. The molecule has 0 radical (unpaired) electrons. The normalized spacial score (nSPS) is 11.5. The summed E-state index contributed by atoms with van der Waals surface area (Å²) in [6.45, 7) is 1.51. The van der Waals surface area contributed by atoms with E-state index < -0.39 is 18.0 Å². The number of methoxy groups -OCH3 is 2. The molecule has 1 aromatic heterocycles. The Bertz CT molecular complexity index is 1650. The molecule has 1 amide bonds. The Morgan fingerprint density at radius 2 is 1.25 bits per heavy atom. The number of hydrogen-bond acceptors (Lipinski definition) is 7. The minimum absolute atomic E-state index is 0.260. The molecule has 1 unspecified atom stereocenters. The van der Waals surface area contributed by atoms with E-state index in [4.69, 9.17) is 24.2 Å². The Kier molecular flexibility index (Phi) is 7.68. The molecule has 1 atom stereocenters. The molecule has 4 aromatic carbocycles. The lowest BCUT2D eigenvalue weighted by atomic mass is 10.0. The first kappa shape index (κ1) is 26.4. The van der Waals surface area contributed by atoms with Gasteiger partial charge in [-0.05, 0) is 25.1 Å². The van der Waals surface area contributed by atoms with Gasteiger partial charge < -0.3 is 19.5 Å². The zero-order chi connectivity index (χ0) is 28.1. The number of nitrogens with zero attached hydrogens (tertiary/aromatic N) is 2. The summed E-state index contributed by atoms with van der Waals surface area (Å²) in [6, 6.07) is 29.6. The molecule has 1 N–H and O–H groups in total. The van der Waals surface area contributed by atoms with E-state index in [1.54, 1.807) is 36.4 Å². The van der Waals surface area contributed by atoms with Crippen molar-refractivity contribution in [3.05, 3.63) is 103 Å². The van der Waals surface area contributed by atoms with E-state index in [9.17, 15) is 9.59 Å². The van der Waals surface area contributed by atoms with E-state index in [-0.39, 0.29) is 5.56 Å². The smallest absolute Gasteiger partial charge is 0.338 e. The highest BCUT2D eigenvalue weighted by Gasteiger charge is 2.21. The van der Waals surface area contributed by atoms with E-state index in [0.717, 1.165) is 16.8 Å². The molecule has 0 saturated heterocycles. The molecule has 8 nitrogen and oxygen atoms in total. The Morgan fingerprint density at radius 3 is 1.80 bits per heavy atom. The summed E-state index contributed by atoms with van der Waals surface area (Å²) >= 11 is 0. The third-order valence-corrected chi connectivity index (χ3v) is 6.27. The minimum Gasteiger partial charge on any atom is -0.497 e. The SMILES string of the molecule is COc1cc(NC(=O)C(C)OC(=O)c2ccc3nc(-c4ccccc4)c(-c4ccccc4)nc3c2)cc(OC)c1. The molecular formula is C32H27N3O5. The van der Waals surface area contributed by atoms with Crippen molar-refractivity contribution in [1.82, 2.24) is 9.97 Å². The number of benzene rings is 4. The van der Waals surface area contributed by atoms with Crippen LogP contribution in [-0.2, 0) is 9.53 Å². The fourth-order valence-electron chi connectivity index (χ4n) is 4.18. The van der Waals surface area contributed by atoms with Crippen LogP contribution >= 0.6 is 0 Å². The van der Waals surface area contributed by atoms with Crippen LogP contribution in [0, 0.1) is 0 Å². The summed E-state index contributed by atoms with van der Waals surface area (Å²) < 4.78 is 16.0. The predicted octanol–water partition coefficient (Wildman–Crippen LogP) is 6.17. The number of ether oxygens (including phenoxy) is 3. The van der Waals surface area contributed by atoms with Crippen LogP contribution in [0.1, 0.15) is 17.3 Å². The van der Waals surface area contributed by atoms with Crippen molar-refractivity contribution in [3.8, 4) is 34.0 Å². The monoisotopic (exact) mass is 533 g/mol. The third-order valence-electron chi connectivity index (χ3n) is 6.27. The van der Waals surface area contributed by atoms with Gasteiger partial charge in [0.05, 0.1) is 42.2 Å². The Labute approximate surface area is 231 Å². The van der Waals surface area contributed by atoms with Crippen LogP contribution < -0.4 is 14.8 Å². The number of aromatic nitrogens is 2. The van der Waals surface area contributed by atoms with Crippen LogP contribution in [0.2, 0.25) is 0 Å². The van der Waals surface area contributed by atoms with Gasteiger partial charge in [0.2, 0.25) is 0 Å². The van der Waals surface area contributed by atoms with Crippen LogP contribution in [0.3, 0.4) is 0 Å². The molecule has 0 saturated carbocycles. The summed E-state index contributed by atoms with van der Waals surface area (Å²) in [6.07, 6.45) is -1.06. The second-order valence-corrected chi connectivity index (χ2v) is 8.99. The van der Waals surface area contributed by atoms with Crippen molar-refractivity contribution in [2.24, 2.45) is 0 Å². The summed E-state index contributed by atoms with van der Waals surface area (Å²) in [4.78, 5) is 35.6. The number of carbonyl (C=O) groups excluding carboxylic acids is 2. The van der Waals surface area contributed by atoms with Gasteiger partial charge in [0.25, 0.3) is 5.91 Å². The number of rotatable bonds is 8. The van der Waals surface area contributed by atoms with Crippen molar-refractivity contribution < 1.29 is 23.8 Å². The maximum Gasteiger partial charge on any atom is 0.338 e. The number of nitrogens with one attached hydrogen (secondary N) is 1. The Hall–Kier alpha value is -5.24. The van der Waals surface area contributed by atoms with E-state index >= 15 is 0 Å². The summed E-state index contributed by atoms with van der Waals surface area (Å²) in [5.41, 5.74) is 5.17. The lowest BCUT2D eigenvalue weighted by Gasteiger charge is -2.15. The van der Waals surface area contributed by atoms with Crippen LogP contribution in [0.15, 0.2) is 97.1 Å². The molecular weight excluding hydrogens is 506 g/mol. The zero-order valence-corrected chi connectivity index (χ0v) is 22.3. The number of anilines is 1. The Morgan fingerprint density at radius 1 is 0.700 bits per heavy atom. The summed E-state index contributed by atoms with van der Waals surface area (Å²) in [7, 11) is 3.04.